The van der Waals surface area contributed by atoms with Crippen molar-refractivity contribution in [1.29, 1.82) is 0 Å². The number of hydrogen-bond donors (Lipinski definition) is 3. The minimum Gasteiger partial charge on any atom is -0.369 e. The highest BCUT2D eigenvalue weighted by Crippen LogP contribution is 2.21. The van der Waals surface area contributed by atoms with Gasteiger partial charge in [0, 0.05) is 42.9 Å². The summed E-state index contributed by atoms with van der Waals surface area (Å²) < 4.78 is 0. The summed E-state index contributed by atoms with van der Waals surface area (Å²) in [5.74, 6) is 0.586. The molecule has 2 rings (SSSR count). The fourth-order valence-electron chi connectivity index (χ4n) is 2.86. The second-order valence-corrected chi connectivity index (χ2v) is 7.87. The number of carbonyl (C=O) groups excluding carboxylic acids is 1. The first-order chi connectivity index (χ1) is 12.1. The first-order valence-corrected chi connectivity index (χ1v) is 9.64. The highest BCUT2D eigenvalue weighted by molar-refractivity contribution is 8.00. The molecule has 7 heteroatoms. The molecule has 1 saturated heterocycles. The lowest BCUT2D eigenvalue weighted by Gasteiger charge is -2.32. The molecule has 0 radical (unpaired) electrons. The van der Waals surface area contributed by atoms with Gasteiger partial charge >= 0.3 is 0 Å². The Balaban J connectivity index is 1.69. The molecule has 6 nitrogen and oxygen atoms in total. The number of primary amides is 1. The zero-order valence-electron chi connectivity index (χ0n) is 15.1. The number of thioether (sulfide) groups is 1. The SMILES string of the molecule is CN=C(NCC(C)Sc1ccccc1)NC1CCN(CC(N)=O)CC1. The van der Waals surface area contributed by atoms with Gasteiger partial charge in [-0.15, -0.1) is 11.8 Å². The molecule has 1 aromatic rings. The van der Waals surface area contributed by atoms with E-state index in [0.717, 1.165) is 38.4 Å². The standard InChI is InChI=1S/C18H29N5OS/c1-14(25-16-6-4-3-5-7-16)12-21-18(20-2)22-15-8-10-23(11-9-15)13-17(19)24/h3-7,14-15H,8-13H2,1-2H3,(H2,19,24)(H2,20,21,22). The van der Waals surface area contributed by atoms with Crippen LogP contribution in [-0.4, -0.2) is 61.3 Å². The lowest BCUT2D eigenvalue weighted by Crippen LogP contribution is -2.50. The smallest absolute Gasteiger partial charge is 0.231 e. The van der Waals surface area contributed by atoms with E-state index in [9.17, 15) is 4.79 Å². The summed E-state index contributed by atoms with van der Waals surface area (Å²) in [6.07, 6.45) is 1.98. The number of likely N-dealkylation sites (tertiary alicyclic amines) is 1. The van der Waals surface area contributed by atoms with Crippen molar-refractivity contribution in [2.75, 3.05) is 33.2 Å². The zero-order chi connectivity index (χ0) is 18.1. The zero-order valence-corrected chi connectivity index (χ0v) is 15.9. The van der Waals surface area contributed by atoms with E-state index in [1.807, 2.05) is 17.8 Å². The number of nitrogens with two attached hydrogens (primary N) is 1. The molecule has 1 fully saturated rings. The van der Waals surface area contributed by atoms with Crippen LogP contribution in [0.3, 0.4) is 0 Å². The molecule has 0 saturated carbocycles. The summed E-state index contributed by atoms with van der Waals surface area (Å²) in [4.78, 5) is 18.7. The fraction of sp³-hybridized carbons (Fsp3) is 0.556. The van der Waals surface area contributed by atoms with Crippen LogP contribution in [-0.2, 0) is 4.79 Å². The second kappa shape index (κ2) is 10.3. The molecule has 0 aromatic heterocycles. The van der Waals surface area contributed by atoms with E-state index in [4.69, 9.17) is 5.73 Å². The Kier molecular flexibility index (Phi) is 8.08. The third kappa shape index (κ3) is 7.36. The third-order valence-electron chi connectivity index (χ3n) is 4.17. The van der Waals surface area contributed by atoms with Crippen molar-refractivity contribution in [3.05, 3.63) is 30.3 Å². The molecule has 0 bridgehead atoms. The lowest BCUT2D eigenvalue weighted by molar-refractivity contribution is -0.119. The predicted molar refractivity (Wildman–Crippen MR) is 105 cm³/mol. The summed E-state index contributed by atoms with van der Waals surface area (Å²) in [6.45, 7) is 5.18. The van der Waals surface area contributed by atoms with Crippen LogP contribution in [0.25, 0.3) is 0 Å². The molecular formula is C18H29N5OS. The number of amides is 1. The Labute approximate surface area is 154 Å². The number of aliphatic imine (C=N–C) groups is 1. The van der Waals surface area contributed by atoms with E-state index in [1.54, 1.807) is 7.05 Å². The van der Waals surface area contributed by atoms with Gasteiger partial charge in [-0.05, 0) is 25.0 Å². The van der Waals surface area contributed by atoms with Crippen molar-refractivity contribution >= 4 is 23.6 Å². The van der Waals surface area contributed by atoms with E-state index >= 15 is 0 Å². The summed E-state index contributed by atoms with van der Waals surface area (Å²) in [6, 6.07) is 10.8. The molecule has 1 aliphatic rings. The molecule has 1 atom stereocenters. The number of piperidine rings is 1. The van der Waals surface area contributed by atoms with Gasteiger partial charge < -0.3 is 16.4 Å². The number of guanidine groups is 1. The Hall–Kier alpha value is -1.73. The monoisotopic (exact) mass is 363 g/mol. The molecule has 1 aromatic carbocycles. The predicted octanol–water partition coefficient (Wildman–Crippen LogP) is 1.28. The average Bonchev–Trinajstić information content (AvgIpc) is 2.60. The molecule has 25 heavy (non-hydrogen) atoms. The quantitative estimate of drug-likeness (QED) is 0.386. The van der Waals surface area contributed by atoms with Crippen LogP contribution in [0.4, 0.5) is 0 Å². The summed E-state index contributed by atoms with van der Waals surface area (Å²) >= 11 is 1.85. The van der Waals surface area contributed by atoms with Crippen molar-refractivity contribution in [2.24, 2.45) is 10.7 Å². The van der Waals surface area contributed by atoms with E-state index in [0.29, 0.717) is 17.8 Å². The van der Waals surface area contributed by atoms with Crippen molar-refractivity contribution in [3.8, 4) is 0 Å². The van der Waals surface area contributed by atoms with Crippen LogP contribution in [0.15, 0.2) is 40.2 Å². The second-order valence-electron chi connectivity index (χ2n) is 6.36. The number of hydrogen-bond acceptors (Lipinski definition) is 4. The Morgan fingerprint density at radius 1 is 1.36 bits per heavy atom. The number of nitrogens with one attached hydrogen (secondary N) is 2. The molecule has 138 valence electrons. The van der Waals surface area contributed by atoms with E-state index in [-0.39, 0.29) is 5.91 Å². The maximum Gasteiger partial charge on any atom is 0.231 e. The minimum absolute atomic E-state index is 0.256. The third-order valence-corrected chi connectivity index (χ3v) is 5.28. The summed E-state index contributed by atoms with van der Waals surface area (Å²) in [5.41, 5.74) is 5.26. The normalized spacial score (nSPS) is 17.9. The van der Waals surface area contributed by atoms with Crippen LogP contribution in [0.1, 0.15) is 19.8 Å². The van der Waals surface area contributed by atoms with Crippen LogP contribution in [0.5, 0.6) is 0 Å². The highest BCUT2D eigenvalue weighted by atomic mass is 32.2. The molecular weight excluding hydrogens is 334 g/mol. The maximum atomic E-state index is 11.0. The Bertz CT molecular complexity index is 558. The number of benzene rings is 1. The van der Waals surface area contributed by atoms with E-state index in [1.165, 1.54) is 4.90 Å². The molecule has 0 spiro atoms. The minimum atomic E-state index is -0.256. The number of nitrogens with zero attached hydrogens (tertiary/aromatic N) is 2. The van der Waals surface area contributed by atoms with Crippen molar-refractivity contribution in [1.82, 2.24) is 15.5 Å². The number of rotatable bonds is 7. The van der Waals surface area contributed by atoms with Gasteiger partial charge in [-0.3, -0.25) is 14.7 Å². The molecule has 1 heterocycles. The molecule has 0 aliphatic carbocycles. The van der Waals surface area contributed by atoms with Crippen LogP contribution in [0.2, 0.25) is 0 Å². The van der Waals surface area contributed by atoms with Crippen molar-refractivity contribution < 1.29 is 4.79 Å². The first kappa shape index (κ1) is 19.6. The van der Waals surface area contributed by atoms with Gasteiger partial charge in [-0.2, -0.15) is 0 Å². The fourth-order valence-corrected chi connectivity index (χ4v) is 3.80. The molecule has 1 aliphatic heterocycles. The Morgan fingerprint density at radius 2 is 2.04 bits per heavy atom. The van der Waals surface area contributed by atoms with Gasteiger partial charge in [0.2, 0.25) is 5.91 Å². The van der Waals surface area contributed by atoms with Crippen LogP contribution in [0, 0.1) is 0 Å². The summed E-state index contributed by atoms with van der Waals surface area (Å²) in [7, 11) is 1.80. The van der Waals surface area contributed by atoms with E-state index in [2.05, 4.69) is 51.7 Å². The lowest BCUT2D eigenvalue weighted by atomic mass is 10.1. The van der Waals surface area contributed by atoms with E-state index < -0.39 is 0 Å². The maximum absolute atomic E-state index is 11.0. The van der Waals surface area contributed by atoms with Gasteiger partial charge in [0.05, 0.1) is 6.54 Å². The van der Waals surface area contributed by atoms with Gasteiger partial charge in [0.1, 0.15) is 0 Å². The number of carbonyl (C=O) groups is 1. The Morgan fingerprint density at radius 3 is 2.64 bits per heavy atom. The molecule has 1 amide bonds. The van der Waals surface area contributed by atoms with Crippen LogP contribution >= 0.6 is 11.8 Å². The van der Waals surface area contributed by atoms with Crippen LogP contribution < -0.4 is 16.4 Å². The topological polar surface area (TPSA) is 82.8 Å². The largest absolute Gasteiger partial charge is 0.369 e. The molecule has 1 unspecified atom stereocenters. The van der Waals surface area contributed by atoms with Crippen molar-refractivity contribution in [2.45, 2.75) is 36.0 Å². The first-order valence-electron chi connectivity index (χ1n) is 8.76. The average molecular weight is 364 g/mol. The van der Waals surface area contributed by atoms with Gasteiger partial charge in [0.25, 0.3) is 0 Å². The highest BCUT2D eigenvalue weighted by Gasteiger charge is 2.20. The summed E-state index contributed by atoms with van der Waals surface area (Å²) in [5, 5.41) is 7.34. The van der Waals surface area contributed by atoms with Gasteiger partial charge in [-0.1, -0.05) is 25.1 Å². The van der Waals surface area contributed by atoms with Gasteiger partial charge in [0.15, 0.2) is 5.96 Å². The molecule has 4 N–H and O–H groups in total. The van der Waals surface area contributed by atoms with Gasteiger partial charge in [-0.25, -0.2) is 0 Å². The van der Waals surface area contributed by atoms with Crippen molar-refractivity contribution in [3.63, 3.8) is 0 Å².